The molecule has 0 saturated heterocycles. The Morgan fingerprint density at radius 2 is 1.71 bits per heavy atom. The molecule has 0 atom stereocenters. The first-order chi connectivity index (χ1) is 16.2. The van der Waals surface area contributed by atoms with E-state index in [9.17, 15) is 23.2 Å². The Hall–Kier alpha value is -3.89. The van der Waals surface area contributed by atoms with Crippen LogP contribution in [0.25, 0.3) is 6.08 Å². The quantitative estimate of drug-likeness (QED) is 0.291. The fourth-order valence-electron chi connectivity index (χ4n) is 2.99. The van der Waals surface area contributed by atoms with Gasteiger partial charge in [0.2, 0.25) is 0 Å². The molecule has 0 unspecified atom stereocenters. The molecule has 1 aromatic heterocycles. The maximum absolute atomic E-state index is 12.4. The van der Waals surface area contributed by atoms with E-state index in [2.05, 4.69) is 9.72 Å². The van der Waals surface area contributed by atoms with Gasteiger partial charge in [-0.15, -0.1) is 0 Å². The number of rotatable bonds is 11. The molecular weight excluding hydrogens is 456 g/mol. The number of esters is 3. The molecule has 0 spiro atoms. The second-order valence-corrected chi connectivity index (χ2v) is 6.65. The van der Waals surface area contributed by atoms with Crippen LogP contribution in [-0.2, 0) is 25.6 Å². The monoisotopic (exact) mass is 481 g/mol. The molecule has 0 aliphatic heterocycles. The second-order valence-electron chi connectivity index (χ2n) is 6.65. The molecule has 184 valence electrons. The summed E-state index contributed by atoms with van der Waals surface area (Å²) in [5.41, 5.74) is 1.10. The third-order valence-corrected chi connectivity index (χ3v) is 4.46. The van der Waals surface area contributed by atoms with Gasteiger partial charge in [-0.2, -0.15) is 8.78 Å². The van der Waals surface area contributed by atoms with Crippen LogP contribution in [-0.4, -0.2) is 49.8 Å². The molecule has 9 nitrogen and oxygen atoms in total. The number of carbonyl (C=O) groups is 3. The van der Waals surface area contributed by atoms with E-state index in [0.717, 1.165) is 6.08 Å². The Kier molecular flexibility index (Phi) is 9.60. The molecule has 0 saturated carbocycles. The van der Waals surface area contributed by atoms with E-state index < -0.39 is 24.5 Å². The molecule has 11 heteroatoms. The van der Waals surface area contributed by atoms with Crippen LogP contribution in [0.15, 0.2) is 24.3 Å². The number of alkyl halides is 2. The molecule has 1 N–H and O–H groups in total. The lowest BCUT2D eigenvalue weighted by Crippen LogP contribution is -2.10. The first-order valence-electron chi connectivity index (χ1n) is 10.2. The number of carbonyl (C=O) groups excluding carboxylic acids is 3. The number of halogens is 2. The van der Waals surface area contributed by atoms with E-state index in [-0.39, 0.29) is 48.3 Å². The SMILES string of the molecule is CCOC(=O)c1[nH]c(COC(=O)/C=C/c2ccc(OC(F)F)c(OC)c2)c(C(=O)OCC)c1C. The van der Waals surface area contributed by atoms with Crippen molar-refractivity contribution in [3.63, 3.8) is 0 Å². The maximum atomic E-state index is 12.4. The van der Waals surface area contributed by atoms with E-state index in [4.69, 9.17) is 18.9 Å². The average Bonchev–Trinajstić information content (AvgIpc) is 3.13. The van der Waals surface area contributed by atoms with Crippen molar-refractivity contribution in [2.75, 3.05) is 20.3 Å². The van der Waals surface area contributed by atoms with Gasteiger partial charge in [0.05, 0.1) is 31.6 Å². The third-order valence-electron chi connectivity index (χ3n) is 4.46. The minimum Gasteiger partial charge on any atom is -0.493 e. The lowest BCUT2D eigenvalue weighted by molar-refractivity contribution is -0.139. The van der Waals surface area contributed by atoms with Crippen molar-refractivity contribution in [1.29, 1.82) is 0 Å². The van der Waals surface area contributed by atoms with Crippen LogP contribution >= 0.6 is 0 Å². The summed E-state index contributed by atoms with van der Waals surface area (Å²) in [4.78, 5) is 39.5. The molecule has 0 aliphatic carbocycles. The van der Waals surface area contributed by atoms with Crippen molar-refractivity contribution in [3.05, 3.63) is 52.4 Å². The minimum atomic E-state index is -3.01. The summed E-state index contributed by atoms with van der Waals surface area (Å²) in [5, 5.41) is 0. The van der Waals surface area contributed by atoms with Gasteiger partial charge in [-0.25, -0.2) is 14.4 Å². The van der Waals surface area contributed by atoms with Crippen LogP contribution in [0.3, 0.4) is 0 Å². The number of H-pyrrole nitrogens is 1. The second kappa shape index (κ2) is 12.4. The third kappa shape index (κ3) is 6.80. The van der Waals surface area contributed by atoms with Crippen LogP contribution in [0.5, 0.6) is 11.5 Å². The molecule has 2 rings (SSSR count). The zero-order valence-electron chi connectivity index (χ0n) is 19.1. The Labute approximate surface area is 194 Å². The number of ether oxygens (including phenoxy) is 5. The van der Waals surface area contributed by atoms with Crippen molar-refractivity contribution in [3.8, 4) is 11.5 Å². The Bertz CT molecular complexity index is 1060. The molecule has 1 heterocycles. The normalized spacial score (nSPS) is 10.9. The Morgan fingerprint density at radius 3 is 2.32 bits per heavy atom. The Morgan fingerprint density at radius 1 is 1.03 bits per heavy atom. The van der Waals surface area contributed by atoms with Crippen LogP contribution < -0.4 is 9.47 Å². The highest BCUT2D eigenvalue weighted by Gasteiger charge is 2.26. The molecule has 0 bridgehead atoms. The van der Waals surface area contributed by atoms with Crippen molar-refractivity contribution < 1.29 is 46.8 Å². The molecule has 1 aromatic carbocycles. The first kappa shape index (κ1) is 26.4. The summed E-state index contributed by atoms with van der Waals surface area (Å²) in [6.45, 7) is 1.73. The lowest BCUT2D eigenvalue weighted by Gasteiger charge is -2.10. The first-order valence-corrected chi connectivity index (χ1v) is 10.2. The van der Waals surface area contributed by atoms with Gasteiger partial charge in [0.25, 0.3) is 0 Å². The van der Waals surface area contributed by atoms with Crippen LogP contribution in [0.1, 0.15) is 51.5 Å². The summed E-state index contributed by atoms with van der Waals surface area (Å²) >= 11 is 0. The van der Waals surface area contributed by atoms with E-state index in [1.807, 2.05) is 0 Å². The highest BCUT2D eigenvalue weighted by atomic mass is 19.3. The predicted octanol–water partition coefficient (Wildman–Crippen LogP) is 4.04. The van der Waals surface area contributed by atoms with Crippen molar-refractivity contribution in [2.24, 2.45) is 0 Å². The van der Waals surface area contributed by atoms with Crippen molar-refractivity contribution >= 4 is 24.0 Å². The van der Waals surface area contributed by atoms with Crippen LogP contribution in [0, 0.1) is 6.92 Å². The number of methoxy groups -OCH3 is 1. The van der Waals surface area contributed by atoms with Gasteiger partial charge < -0.3 is 28.7 Å². The van der Waals surface area contributed by atoms with Gasteiger partial charge in [0, 0.05) is 6.08 Å². The molecule has 0 radical (unpaired) electrons. The maximum Gasteiger partial charge on any atom is 0.387 e. The lowest BCUT2D eigenvalue weighted by atomic mass is 10.1. The molecular formula is C23H25F2NO8. The summed E-state index contributed by atoms with van der Waals surface area (Å²) < 4.78 is 49.4. The van der Waals surface area contributed by atoms with E-state index in [1.165, 1.54) is 31.4 Å². The number of nitrogens with one attached hydrogen (secondary N) is 1. The minimum absolute atomic E-state index is 0.0586. The number of benzene rings is 1. The van der Waals surface area contributed by atoms with Crippen molar-refractivity contribution in [2.45, 2.75) is 34.0 Å². The molecule has 2 aromatic rings. The van der Waals surface area contributed by atoms with E-state index >= 15 is 0 Å². The number of aromatic nitrogens is 1. The van der Waals surface area contributed by atoms with Gasteiger partial charge in [-0.05, 0) is 50.1 Å². The van der Waals surface area contributed by atoms with Gasteiger partial charge in [0.15, 0.2) is 11.5 Å². The fraction of sp³-hybridized carbons (Fsp3) is 0.348. The number of aromatic amines is 1. The molecule has 34 heavy (non-hydrogen) atoms. The van der Waals surface area contributed by atoms with Gasteiger partial charge in [-0.1, -0.05) is 6.07 Å². The number of hydrogen-bond acceptors (Lipinski definition) is 8. The van der Waals surface area contributed by atoms with Crippen LogP contribution in [0.4, 0.5) is 8.78 Å². The topological polar surface area (TPSA) is 113 Å². The Balaban J connectivity index is 2.16. The average molecular weight is 481 g/mol. The number of hydrogen-bond donors (Lipinski definition) is 1. The largest absolute Gasteiger partial charge is 0.493 e. The zero-order chi connectivity index (χ0) is 25.3. The smallest absolute Gasteiger partial charge is 0.387 e. The summed E-state index contributed by atoms with van der Waals surface area (Å²) in [6, 6.07) is 4.13. The van der Waals surface area contributed by atoms with Crippen molar-refractivity contribution in [1.82, 2.24) is 4.98 Å². The molecule has 0 fully saturated rings. The van der Waals surface area contributed by atoms with E-state index in [0.29, 0.717) is 11.1 Å². The van der Waals surface area contributed by atoms with Gasteiger partial charge in [0.1, 0.15) is 12.3 Å². The van der Waals surface area contributed by atoms with Crippen LogP contribution in [0.2, 0.25) is 0 Å². The molecule has 0 amide bonds. The highest BCUT2D eigenvalue weighted by Crippen LogP contribution is 2.30. The van der Waals surface area contributed by atoms with E-state index in [1.54, 1.807) is 20.8 Å². The highest BCUT2D eigenvalue weighted by molar-refractivity contribution is 5.98. The summed E-state index contributed by atoms with van der Waals surface area (Å²) in [6.07, 6.45) is 2.49. The summed E-state index contributed by atoms with van der Waals surface area (Å²) in [7, 11) is 1.29. The zero-order valence-corrected chi connectivity index (χ0v) is 19.1. The standard InChI is InChI=1S/C23H25F2NO8/c1-5-31-21(28)19-13(3)20(22(29)32-6-2)26-15(19)12-33-18(27)10-8-14-7-9-16(34-23(24)25)17(11-14)30-4/h7-11,23,26H,5-6,12H2,1-4H3/b10-8+. The summed E-state index contributed by atoms with van der Waals surface area (Å²) in [5.74, 6) is -2.18. The fourth-order valence-corrected chi connectivity index (χ4v) is 2.99. The van der Waals surface area contributed by atoms with Gasteiger partial charge in [-0.3, -0.25) is 0 Å². The predicted molar refractivity (Wildman–Crippen MR) is 116 cm³/mol. The van der Waals surface area contributed by atoms with Gasteiger partial charge >= 0.3 is 24.5 Å². The molecule has 0 aliphatic rings.